The number of nitrogens with zero attached hydrogens (tertiary/aromatic N) is 1. The van der Waals surface area contributed by atoms with E-state index in [2.05, 4.69) is 13.8 Å². The number of benzene rings is 2. The Balaban J connectivity index is 1.88. The molecule has 142 valence electrons. The molecular formula is C25H25NO2. The van der Waals surface area contributed by atoms with Crippen molar-refractivity contribution in [1.82, 2.24) is 0 Å². The Morgan fingerprint density at radius 3 is 2.21 bits per heavy atom. The second-order valence-corrected chi connectivity index (χ2v) is 8.65. The van der Waals surface area contributed by atoms with Gasteiger partial charge in [0.25, 0.3) is 0 Å². The highest BCUT2D eigenvalue weighted by molar-refractivity contribution is 6.15. The van der Waals surface area contributed by atoms with E-state index in [1.54, 1.807) is 0 Å². The third-order valence-electron chi connectivity index (χ3n) is 5.80. The smallest absolute Gasteiger partial charge is 0.172 e. The van der Waals surface area contributed by atoms with Gasteiger partial charge in [-0.15, -0.1) is 0 Å². The van der Waals surface area contributed by atoms with Gasteiger partial charge in [-0.1, -0.05) is 74.5 Å². The molecule has 28 heavy (non-hydrogen) atoms. The van der Waals surface area contributed by atoms with Crippen molar-refractivity contribution >= 4 is 17.3 Å². The molecule has 0 saturated heterocycles. The molecule has 0 N–H and O–H groups in total. The van der Waals surface area contributed by atoms with Gasteiger partial charge in [0, 0.05) is 34.9 Å². The monoisotopic (exact) mass is 371 g/mol. The fourth-order valence-corrected chi connectivity index (χ4v) is 4.59. The Hall–Kier alpha value is -2.81. The summed E-state index contributed by atoms with van der Waals surface area (Å²) < 4.78 is 0. The fourth-order valence-electron chi connectivity index (χ4n) is 4.59. The predicted octanol–water partition coefficient (Wildman–Crippen LogP) is 5.39. The standard InChI is InChI=1S/C25H25NO2/c1-16-21(24(28)18-12-8-5-9-13-18)22(17-10-6-4-7-11-17)23-19(26-16)14-25(2,3)15-20(23)27/h4-13,21-22H,14-15H2,1-3H3. The average Bonchev–Trinajstić information content (AvgIpc) is 2.67. The van der Waals surface area contributed by atoms with Crippen molar-refractivity contribution in [3.63, 3.8) is 0 Å². The van der Waals surface area contributed by atoms with Crippen molar-refractivity contribution in [2.24, 2.45) is 16.3 Å². The zero-order valence-corrected chi connectivity index (χ0v) is 16.6. The van der Waals surface area contributed by atoms with Gasteiger partial charge in [0.05, 0.1) is 5.92 Å². The summed E-state index contributed by atoms with van der Waals surface area (Å²) in [6.07, 6.45) is 1.26. The Morgan fingerprint density at radius 1 is 0.964 bits per heavy atom. The Kier molecular flexibility index (Phi) is 4.62. The van der Waals surface area contributed by atoms with Gasteiger partial charge in [-0.05, 0) is 24.3 Å². The summed E-state index contributed by atoms with van der Waals surface area (Å²) in [5.41, 5.74) is 3.97. The highest BCUT2D eigenvalue weighted by Crippen LogP contribution is 2.48. The SMILES string of the molecule is CC1=NC2=C(C(=O)CC(C)(C)C2)C(c2ccccc2)C1C(=O)c1ccccc1. The molecule has 2 aliphatic rings. The summed E-state index contributed by atoms with van der Waals surface area (Å²) >= 11 is 0. The summed E-state index contributed by atoms with van der Waals surface area (Å²) in [7, 11) is 0. The third-order valence-corrected chi connectivity index (χ3v) is 5.80. The lowest BCUT2D eigenvalue weighted by Gasteiger charge is -2.39. The van der Waals surface area contributed by atoms with Crippen molar-refractivity contribution in [2.75, 3.05) is 0 Å². The zero-order valence-electron chi connectivity index (χ0n) is 16.6. The average molecular weight is 371 g/mol. The van der Waals surface area contributed by atoms with Gasteiger partial charge in [0.2, 0.25) is 0 Å². The summed E-state index contributed by atoms with van der Waals surface area (Å²) in [6, 6.07) is 19.3. The van der Waals surface area contributed by atoms with Gasteiger partial charge in [-0.25, -0.2) is 0 Å². The first-order chi connectivity index (χ1) is 13.4. The topological polar surface area (TPSA) is 46.5 Å². The first kappa shape index (κ1) is 18.5. The summed E-state index contributed by atoms with van der Waals surface area (Å²) in [5, 5.41) is 0. The van der Waals surface area contributed by atoms with E-state index in [0.717, 1.165) is 29.0 Å². The first-order valence-electron chi connectivity index (χ1n) is 9.83. The normalized spacial score (nSPS) is 23.8. The Morgan fingerprint density at radius 2 is 1.57 bits per heavy atom. The number of hydrogen-bond donors (Lipinski definition) is 0. The third kappa shape index (κ3) is 3.26. The lowest BCUT2D eigenvalue weighted by atomic mass is 9.65. The maximum absolute atomic E-state index is 13.5. The van der Waals surface area contributed by atoms with Crippen LogP contribution in [0.15, 0.2) is 76.9 Å². The minimum atomic E-state index is -0.450. The second-order valence-electron chi connectivity index (χ2n) is 8.65. The van der Waals surface area contributed by atoms with Crippen molar-refractivity contribution in [3.05, 3.63) is 83.1 Å². The largest absolute Gasteiger partial charge is 0.294 e. The van der Waals surface area contributed by atoms with Crippen LogP contribution in [0.1, 0.15) is 55.5 Å². The number of hydrogen-bond acceptors (Lipinski definition) is 3. The van der Waals surface area contributed by atoms with Gasteiger partial charge >= 0.3 is 0 Å². The van der Waals surface area contributed by atoms with E-state index in [1.807, 2.05) is 67.6 Å². The molecule has 1 heterocycles. The van der Waals surface area contributed by atoms with E-state index < -0.39 is 5.92 Å². The van der Waals surface area contributed by atoms with Crippen LogP contribution in [0.2, 0.25) is 0 Å². The molecule has 0 spiro atoms. The summed E-state index contributed by atoms with van der Waals surface area (Å²) in [4.78, 5) is 31.5. The lowest BCUT2D eigenvalue weighted by Crippen LogP contribution is -2.38. The quantitative estimate of drug-likeness (QED) is 0.679. The van der Waals surface area contributed by atoms with E-state index in [9.17, 15) is 9.59 Å². The number of Topliss-reactive ketones (excluding diaryl/α,β-unsaturated/α-hetero) is 2. The lowest BCUT2D eigenvalue weighted by molar-refractivity contribution is -0.118. The van der Waals surface area contributed by atoms with Crippen LogP contribution in [0.3, 0.4) is 0 Å². The van der Waals surface area contributed by atoms with Crippen molar-refractivity contribution in [2.45, 2.75) is 39.5 Å². The molecule has 0 aromatic heterocycles. The molecule has 0 fully saturated rings. The van der Waals surface area contributed by atoms with Crippen LogP contribution in [-0.2, 0) is 4.79 Å². The molecule has 1 aliphatic heterocycles. The van der Waals surface area contributed by atoms with Crippen LogP contribution in [0.25, 0.3) is 0 Å². The van der Waals surface area contributed by atoms with Crippen LogP contribution in [0, 0.1) is 11.3 Å². The number of rotatable bonds is 3. The van der Waals surface area contributed by atoms with Gasteiger partial charge in [0.15, 0.2) is 11.6 Å². The van der Waals surface area contributed by atoms with Crippen molar-refractivity contribution in [1.29, 1.82) is 0 Å². The van der Waals surface area contributed by atoms with Crippen molar-refractivity contribution in [3.8, 4) is 0 Å². The second kappa shape index (κ2) is 6.97. The Labute approximate surface area is 166 Å². The van der Waals surface area contributed by atoms with Crippen molar-refractivity contribution < 1.29 is 9.59 Å². The van der Waals surface area contributed by atoms with Crippen LogP contribution >= 0.6 is 0 Å². The fraction of sp³-hybridized carbons (Fsp3) is 0.320. The van der Waals surface area contributed by atoms with E-state index in [4.69, 9.17) is 4.99 Å². The zero-order chi connectivity index (χ0) is 19.9. The molecule has 0 bridgehead atoms. The summed E-state index contributed by atoms with van der Waals surface area (Å²) in [5.74, 6) is -0.569. The highest BCUT2D eigenvalue weighted by atomic mass is 16.1. The first-order valence-corrected chi connectivity index (χ1v) is 9.83. The highest BCUT2D eigenvalue weighted by Gasteiger charge is 2.45. The van der Waals surface area contributed by atoms with E-state index >= 15 is 0 Å². The summed E-state index contributed by atoms with van der Waals surface area (Å²) in [6.45, 7) is 6.15. The van der Waals surface area contributed by atoms with Gasteiger partial charge in [-0.2, -0.15) is 0 Å². The number of carbonyl (C=O) groups is 2. The minimum Gasteiger partial charge on any atom is -0.294 e. The number of allylic oxidation sites excluding steroid dienone is 2. The van der Waals surface area contributed by atoms with E-state index in [0.29, 0.717) is 12.0 Å². The maximum Gasteiger partial charge on any atom is 0.172 e. The number of carbonyl (C=O) groups excluding carboxylic acids is 2. The molecule has 1 aliphatic carbocycles. The molecular weight excluding hydrogens is 346 g/mol. The van der Waals surface area contributed by atoms with Crippen LogP contribution in [0.4, 0.5) is 0 Å². The van der Waals surface area contributed by atoms with E-state index in [-0.39, 0.29) is 22.9 Å². The molecule has 4 rings (SSSR count). The molecule has 2 aromatic rings. The van der Waals surface area contributed by atoms with Gasteiger partial charge in [-0.3, -0.25) is 14.6 Å². The molecule has 3 nitrogen and oxygen atoms in total. The minimum absolute atomic E-state index is 0.0277. The molecule has 2 aromatic carbocycles. The molecule has 2 unspecified atom stereocenters. The Bertz CT molecular complexity index is 984. The van der Waals surface area contributed by atoms with Crippen LogP contribution in [-0.4, -0.2) is 17.3 Å². The number of ketones is 2. The van der Waals surface area contributed by atoms with E-state index in [1.165, 1.54) is 0 Å². The van der Waals surface area contributed by atoms with Crippen LogP contribution in [0.5, 0.6) is 0 Å². The number of aliphatic imine (C=N–C) groups is 1. The predicted molar refractivity (Wildman–Crippen MR) is 112 cm³/mol. The molecule has 0 radical (unpaired) electrons. The molecule has 0 saturated carbocycles. The van der Waals surface area contributed by atoms with Crippen LogP contribution < -0.4 is 0 Å². The van der Waals surface area contributed by atoms with Gasteiger partial charge < -0.3 is 0 Å². The maximum atomic E-state index is 13.5. The van der Waals surface area contributed by atoms with Gasteiger partial charge in [0.1, 0.15) is 0 Å². The molecule has 3 heteroatoms. The molecule has 0 amide bonds. The molecule has 2 atom stereocenters.